The molecule has 0 aromatic carbocycles. The number of hydrogen-bond donors (Lipinski definition) is 2. The van der Waals surface area contributed by atoms with E-state index in [-0.39, 0.29) is 24.2 Å². The second-order valence-electron chi connectivity index (χ2n) is 6.06. The maximum atomic E-state index is 12.1. The van der Waals surface area contributed by atoms with Crippen molar-refractivity contribution in [3.8, 4) is 0 Å². The molecule has 1 saturated carbocycles. The number of amides is 1. The van der Waals surface area contributed by atoms with Crippen LogP contribution < -0.4 is 10.6 Å². The molecule has 1 saturated heterocycles. The van der Waals surface area contributed by atoms with Gasteiger partial charge < -0.3 is 15.4 Å². The summed E-state index contributed by atoms with van der Waals surface area (Å²) >= 11 is 0. The first-order valence-corrected chi connectivity index (χ1v) is 7.82. The molecule has 1 amide bonds. The molecule has 0 aromatic heterocycles. The predicted molar refractivity (Wildman–Crippen MR) is 83.2 cm³/mol. The summed E-state index contributed by atoms with van der Waals surface area (Å²) in [4.78, 5) is 12.1. The predicted octanol–water partition coefficient (Wildman–Crippen LogP) is 2.12. The molecule has 2 N–H and O–H groups in total. The summed E-state index contributed by atoms with van der Waals surface area (Å²) < 4.78 is 5.50. The van der Waals surface area contributed by atoms with Gasteiger partial charge in [-0.15, -0.1) is 12.4 Å². The Balaban J connectivity index is 0.00000200. The summed E-state index contributed by atoms with van der Waals surface area (Å²) in [6, 6.07) is 0. The quantitative estimate of drug-likeness (QED) is 0.708. The minimum Gasteiger partial charge on any atom is -0.382 e. The largest absolute Gasteiger partial charge is 0.382 e. The van der Waals surface area contributed by atoms with E-state index >= 15 is 0 Å². The molecular weight excluding hydrogens is 276 g/mol. The average molecular weight is 305 g/mol. The molecule has 1 atom stereocenters. The summed E-state index contributed by atoms with van der Waals surface area (Å²) in [6.07, 6.45) is 7.15. The molecule has 1 aliphatic carbocycles. The number of halogens is 1. The van der Waals surface area contributed by atoms with Crippen LogP contribution in [0.25, 0.3) is 0 Å². The topological polar surface area (TPSA) is 50.4 Å². The second kappa shape index (κ2) is 8.85. The third kappa shape index (κ3) is 4.90. The summed E-state index contributed by atoms with van der Waals surface area (Å²) in [5.41, 5.74) is 0.302. The fraction of sp³-hybridized carbons (Fsp3) is 0.933. The van der Waals surface area contributed by atoms with Crippen molar-refractivity contribution >= 4 is 18.3 Å². The van der Waals surface area contributed by atoms with Gasteiger partial charge >= 0.3 is 0 Å². The SMILES string of the molecule is CCOCCC1(CNC(=O)C2CCNC2)CCCC1.Cl. The normalized spacial score (nSPS) is 24.4. The summed E-state index contributed by atoms with van der Waals surface area (Å²) in [6.45, 7) is 6.32. The molecule has 0 radical (unpaired) electrons. The zero-order valence-corrected chi connectivity index (χ0v) is 13.4. The van der Waals surface area contributed by atoms with Crippen molar-refractivity contribution in [2.75, 3.05) is 32.8 Å². The Morgan fingerprint density at radius 2 is 2.15 bits per heavy atom. The highest BCUT2D eigenvalue weighted by Gasteiger charge is 2.34. The lowest BCUT2D eigenvalue weighted by atomic mass is 9.82. The Hall–Kier alpha value is -0.320. The fourth-order valence-corrected chi connectivity index (χ4v) is 3.37. The molecule has 1 heterocycles. The lowest BCUT2D eigenvalue weighted by molar-refractivity contribution is -0.125. The van der Waals surface area contributed by atoms with Crippen LogP contribution >= 0.6 is 12.4 Å². The molecule has 118 valence electrons. The van der Waals surface area contributed by atoms with Gasteiger partial charge in [-0.3, -0.25) is 4.79 Å². The second-order valence-corrected chi connectivity index (χ2v) is 6.06. The van der Waals surface area contributed by atoms with Crippen molar-refractivity contribution in [2.45, 2.75) is 45.4 Å². The van der Waals surface area contributed by atoms with Crippen molar-refractivity contribution in [3.05, 3.63) is 0 Å². The highest BCUT2D eigenvalue weighted by atomic mass is 35.5. The van der Waals surface area contributed by atoms with Crippen LogP contribution in [0, 0.1) is 11.3 Å². The van der Waals surface area contributed by atoms with E-state index in [1.165, 1.54) is 25.7 Å². The third-order valence-electron chi connectivity index (χ3n) is 4.71. The standard InChI is InChI=1S/C15H28N2O2.ClH/c1-2-19-10-8-15(6-3-4-7-15)12-17-14(18)13-5-9-16-11-13;/h13,16H,2-12H2,1H3,(H,17,18);1H. The zero-order chi connectivity index (χ0) is 13.6. The van der Waals surface area contributed by atoms with Crippen LogP contribution in [-0.4, -0.2) is 38.8 Å². The van der Waals surface area contributed by atoms with E-state index in [1.54, 1.807) is 0 Å². The lowest BCUT2D eigenvalue weighted by Gasteiger charge is -2.29. The number of hydrogen-bond acceptors (Lipinski definition) is 3. The van der Waals surface area contributed by atoms with Gasteiger partial charge in [0.25, 0.3) is 0 Å². The van der Waals surface area contributed by atoms with Crippen molar-refractivity contribution in [3.63, 3.8) is 0 Å². The van der Waals surface area contributed by atoms with Crippen molar-refractivity contribution in [1.82, 2.24) is 10.6 Å². The number of ether oxygens (including phenoxy) is 1. The van der Waals surface area contributed by atoms with Crippen molar-refractivity contribution in [1.29, 1.82) is 0 Å². The van der Waals surface area contributed by atoms with Gasteiger partial charge in [-0.25, -0.2) is 0 Å². The molecule has 0 spiro atoms. The molecule has 1 aliphatic heterocycles. The van der Waals surface area contributed by atoms with Gasteiger partial charge in [-0.1, -0.05) is 12.8 Å². The first-order chi connectivity index (χ1) is 9.26. The van der Waals surface area contributed by atoms with Gasteiger partial charge in [0, 0.05) is 26.3 Å². The van der Waals surface area contributed by atoms with E-state index < -0.39 is 0 Å². The number of rotatable bonds is 7. The smallest absolute Gasteiger partial charge is 0.224 e. The first-order valence-electron chi connectivity index (χ1n) is 7.82. The molecule has 5 heteroatoms. The van der Waals surface area contributed by atoms with Crippen LogP contribution in [0.5, 0.6) is 0 Å². The fourth-order valence-electron chi connectivity index (χ4n) is 3.37. The van der Waals surface area contributed by atoms with E-state index in [4.69, 9.17) is 4.74 Å². The summed E-state index contributed by atoms with van der Waals surface area (Å²) in [5, 5.41) is 6.45. The molecule has 4 nitrogen and oxygen atoms in total. The minimum atomic E-state index is 0. The highest BCUT2D eigenvalue weighted by Crippen LogP contribution is 2.40. The molecular formula is C15H29ClN2O2. The Bertz CT molecular complexity index is 288. The van der Waals surface area contributed by atoms with Crippen LogP contribution in [0.15, 0.2) is 0 Å². The van der Waals surface area contributed by atoms with Gasteiger partial charge in [0.05, 0.1) is 5.92 Å². The summed E-state index contributed by atoms with van der Waals surface area (Å²) in [5.74, 6) is 0.429. The Kier molecular flexibility index (Phi) is 7.85. The molecule has 0 bridgehead atoms. The number of nitrogens with one attached hydrogen (secondary N) is 2. The molecule has 2 aliphatic rings. The first kappa shape index (κ1) is 17.7. The van der Waals surface area contributed by atoms with Gasteiger partial charge in [0.1, 0.15) is 0 Å². The number of carbonyl (C=O) groups excluding carboxylic acids is 1. The minimum absolute atomic E-state index is 0. The Labute approximate surface area is 128 Å². The maximum Gasteiger partial charge on any atom is 0.224 e. The molecule has 0 aromatic rings. The van der Waals surface area contributed by atoms with Crippen LogP contribution in [0.4, 0.5) is 0 Å². The van der Waals surface area contributed by atoms with E-state index in [2.05, 4.69) is 10.6 Å². The Morgan fingerprint density at radius 3 is 2.75 bits per heavy atom. The van der Waals surface area contributed by atoms with E-state index in [9.17, 15) is 4.79 Å². The van der Waals surface area contributed by atoms with Crippen LogP contribution in [0.1, 0.15) is 45.4 Å². The van der Waals surface area contributed by atoms with Crippen molar-refractivity contribution in [2.24, 2.45) is 11.3 Å². The van der Waals surface area contributed by atoms with Crippen LogP contribution in [0.3, 0.4) is 0 Å². The van der Waals surface area contributed by atoms with Gasteiger partial charge in [0.2, 0.25) is 5.91 Å². The van der Waals surface area contributed by atoms with E-state index in [1.807, 2.05) is 6.92 Å². The Morgan fingerprint density at radius 1 is 1.40 bits per heavy atom. The van der Waals surface area contributed by atoms with E-state index in [0.717, 1.165) is 45.7 Å². The molecule has 20 heavy (non-hydrogen) atoms. The van der Waals surface area contributed by atoms with Gasteiger partial charge in [-0.05, 0) is 44.6 Å². The molecule has 2 fully saturated rings. The van der Waals surface area contributed by atoms with Crippen molar-refractivity contribution < 1.29 is 9.53 Å². The van der Waals surface area contributed by atoms with E-state index in [0.29, 0.717) is 5.41 Å². The summed E-state index contributed by atoms with van der Waals surface area (Å²) in [7, 11) is 0. The maximum absolute atomic E-state index is 12.1. The lowest BCUT2D eigenvalue weighted by Crippen LogP contribution is -2.40. The number of carbonyl (C=O) groups is 1. The highest BCUT2D eigenvalue weighted by molar-refractivity contribution is 5.85. The molecule has 2 rings (SSSR count). The average Bonchev–Trinajstić information content (AvgIpc) is 3.08. The van der Waals surface area contributed by atoms with Crippen LogP contribution in [0.2, 0.25) is 0 Å². The molecule has 1 unspecified atom stereocenters. The van der Waals surface area contributed by atoms with Gasteiger partial charge in [-0.2, -0.15) is 0 Å². The zero-order valence-electron chi connectivity index (χ0n) is 12.6. The van der Waals surface area contributed by atoms with Gasteiger partial charge in [0.15, 0.2) is 0 Å². The monoisotopic (exact) mass is 304 g/mol. The third-order valence-corrected chi connectivity index (χ3v) is 4.71. The van der Waals surface area contributed by atoms with Crippen LogP contribution in [-0.2, 0) is 9.53 Å².